The van der Waals surface area contributed by atoms with Gasteiger partial charge < -0.3 is 5.32 Å². The summed E-state index contributed by atoms with van der Waals surface area (Å²) in [7, 11) is 0. The molecule has 0 bridgehead atoms. The van der Waals surface area contributed by atoms with Crippen molar-refractivity contribution in [1.29, 1.82) is 0 Å². The molecule has 0 aliphatic carbocycles. The largest absolute Gasteiger partial charge is 0.348 e. The van der Waals surface area contributed by atoms with Crippen molar-refractivity contribution >= 4 is 27.5 Å². The molecule has 0 saturated heterocycles. The van der Waals surface area contributed by atoms with E-state index in [0.717, 1.165) is 27.3 Å². The van der Waals surface area contributed by atoms with Gasteiger partial charge >= 0.3 is 0 Å². The topological polar surface area (TPSA) is 64.0 Å². The molecule has 0 radical (unpaired) electrons. The highest BCUT2D eigenvalue weighted by atomic mass is 32.1. The SMILES string of the molecule is CC[C@H](NC(=O)Cn1cnc2sc(C)c(C)c2c1=O)c1ccc(C)cc1. The van der Waals surface area contributed by atoms with E-state index in [1.165, 1.54) is 27.8 Å². The van der Waals surface area contributed by atoms with Gasteiger partial charge in [0.2, 0.25) is 5.91 Å². The highest BCUT2D eigenvalue weighted by Crippen LogP contribution is 2.25. The minimum Gasteiger partial charge on any atom is -0.348 e. The molecule has 0 saturated carbocycles. The Morgan fingerprint density at radius 3 is 2.58 bits per heavy atom. The number of aryl methyl sites for hydroxylation is 3. The average Bonchev–Trinajstić information content (AvgIpc) is 2.91. The molecule has 6 heteroatoms. The Labute approximate surface area is 156 Å². The van der Waals surface area contributed by atoms with Crippen LogP contribution >= 0.6 is 11.3 Å². The van der Waals surface area contributed by atoms with Crippen LogP contribution in [-0.4, -0.2) is 15.5 Å². The van der Waals surface area contributed by atoms with Gasteiger partial charge in [0.1, 0.15) is 11.4 Å². The maximum absolute atomic E-state index is 12.7. The van der Waals surface area contributed by atoms with Gasteiger partial charge in [-0.3, -0.25) is 14.2 Å². The number of amides is 1. The molecular formula is C20H23N3O2S. The van der Waals surface area contributed by atoms with Crippen molar-refractivity contribution in [2.24, 2.45) is 0 Å². The van der Waals surface area contributed by atoms with Gasteiger partial charge in [0, 0.05) is 4.88 Å². The molecule has 5 nitrogen and oxygen atoms in total. The van der Waals surface area contributed by atoms with Crippen LogP contribution in [0.4, 0.5) is 0 Å². The molecule has 136 valence electrons. The summed E-state index contributed by atoms with van der Waals surface area (Å²) in [4.78, 5) is 31.4. The molecule has 26 heavy (non-hydrogen) atoms. The number of nitrogens with zero attached hydrogens (tertiary/aromatic N) is 2. The molecule has 2 heterocycles. The Kier molecular flexibility index (Phi) is 5.23. The van der Waals surface area contributed by atoms with Crippen molar-refractivity contribution in [2.45, 2.75) is 46.7 Å². The van der Waals surface area contributed by atoms with Crippen molar-refractivity contribution < 1.29 is 4.79 Å². The van der Waals surface area contributed by atoms with E-state index in [4.69, 9.17) is 0 Å². The highest BCUT2D eigenvalue weighted by molar-refractivity contribution is 7.18. The molecule has 0 aliphatic rings. The molecule has 0 fully saturated rings. The second-order valence-corrected chi connectivity index (χ2v) is 7.78. The van der Waals surface area contributed by atoms with E-state index in [2.05, 4.69) is 10.3 Å². The molecule has 3 aromatic rings. The number of hydrogen-bond donors (Lipinski definition) is 1. The fourth-order valence-corrected chi connectivity index (χ4v) is 3.98. The second-order valence-electron chi connectivity index (χ2n) is 6.58. The van der Waals surface area contributed by atoms with Crippen LogP contribution in [0.2, 0.25) is 0 Å². The third kappa shape index (κ3) is 3.55. The number of rotatable bonds is 5. The molecule has 3 rings (SSSR count). The summed E-state index contributed by atoms with van der Waals surface area (Å²) < 4.78 is 1.39. The second kappa shape index (κ2) is 7.41. The zero-order chi connectivity index (χ0) is 18.8. The smallest absolute Gasteiger partial charge is 0.262 e. The highest BCUT2D eigenvalue weighted by Gasteiger charge is 2.16. The summed E-state index contributed by atoms with van der Waals surface area (Å²) in [6, 6.07) is 8.06. The maximum Gasteiger partial charge on any atom is 0.262 e. The summed E-state index contributed by atoms with van der Waals surface area (Å²) in [5.74, 6) is -0.190. The predicted octanol–water partition coefficient (Wildman–Crippen LogP) is 3.65. The van der Waals surface area contributed by atoms with Gasteiger partial charge in [-0.1, -0.05) is 36.8 Å². The third-order valence-corrected chi connectivity index (χ3v) is 5.81. The summed E-state index contributed by atoms with van der Waals surface area (Å²) >= 11 is 1.51. The zero-order valence-electron chi connectivity index (χ0n) is 15.5. The van der Waals surface area contributed by atoms with E-state index in [0.29, 0.717) is 5.39 Å². The number of hydrogen-bond acceptors (Lipinski definition) is 4. The van der Waals surface area contributed by atoms with Crippen LogP contribution in [0.3, 0.4) is 0 Å². The first-order valence-corrected chi connectivity index (χ1v) is 9.53. The minimum absolute atomic E-state index is 0.0293. The summed E-state index contributed by atoms with van der Waals surface area (Å²) in [5, 5.41) is 3.64. The van der Waals surface area contributed by atoms with E-state index >= 15 is 0 Å². The van der Waals surface area contributed by atoms with Crippen LogP contribution in [0.15, 0.2) is 35.4 Å². The lowest BCUT2D eigenvalue weighted by Gasteiger charge is -2.18. The van der Waals surface area contributed by atoms with Gasteiger partial charge in [0.15, 0.2) is 0 Å². The van der Waals surface area contributed by atoms with E-state index in [-0.39, 0.29) is 24.1 Å². The van der Waals surface area contributed by atoms with E-state index in [9.17, 15) is 9.59 Å². The summed E-state index contributed by atoms with van der Waals surface area (Å²) in [5.41, 5.74) is 3.04. The van der Waals surface area contributed by atoms with Gasteiger partial charge in [0.05, 0.1) is 17.8 Å². The van der Waals surface area contributed by atoms with Crippen molar-refractivity contribution in [3.05, 3.63) is 62.5 Å². The first kappa shape index (κ1) is 18.3. The molecule has 0 aliphatic heterocycles. The Balaban J connectivity index is 1.80. The van der Waals surface area contributed by atoms with Gasteiger partial charge in [-0.15, -0.1) is 11.3 Å². The summed E-state index contributed by atoms with van der Waals surface area (Å²) in [6.07, 6.45) is 2.25. The van der Waals surface area contributed by atoms with Crippen LogP contribution in [-0.2, 0) is 11.3 Å². The standard InChI is InChI=1S/C20H23N3O2S/c1-5-16(15-8-6-12(2)7-9-15)22-17(24)10-23-11-21-19-18(20(23)25)13(3)14(4)26-19/h6-9,11,16H,5,10H2,1-4H3,(H,22,24)/t16-/m0/s1. The number of fused-ring (bicyclic) bond motifs is 1. The Morgan fingerprint density at radius 2 is 1.92 bits per heavy atom. The lowest BCUT2D eigenvalue weighted by molar-refractivity contribution is -0.122. The third-order valence-electron chi connectivity index (χ3n) is 4.69. The normalized spacial score (nSPS) is 12.3. The van der Waals surface area contributed by atoms with Crippen molar-refractivity contribution in [2.75, 3.05) is 0 Å². The number of nitrogens with one attached hydrogen (secondary N) is 1. The monoisotopic (exact) mass is 369 g/mol. The van der Waals surface area contributed by atoms with Crippen LogP contribution in [0.5, 0.6) is 0 Å². The minimum atomic E-state index is -0.190. The number of aromatic nitrogens is 2. The average molecular weight is 369 g/mol. The van der Waals surface area contributed by atoms with Gasteiger partial charge in [-0.05, 0) is 38.3 Å². The van der Waals surface area contributed by atoms with E-state index in [1.807, 2.05) is 52.0 Å². The lowest BCUT2D eigenvalue weighted by Crippen LogP contribution is -2.34. The van der Waals surface area contributed by atoms with Crippen molar-refractivity contribution in [3.8, 4) is 0 Å². The lowest BCUT2D eigenvalue weighted by atomic mass is 10.0. The molecule has 0 unspecified atom stereocenters. The van der Waals surface area contributed by atoms with Crippen molar-refractivity contribution in [3.63, 3.8) is 0 Å². The molecule has 1 amide bonds. The fraction of sp³-hybridized carbons (Fsp3) is 0.350. The van der Waals surface area contributed by atoms with Gasteiger partial charge in [-0.2, -0.15) is 0 Å². The number of carbonyl (C=O) groups excluding carboxylic acids is 1. The predicted molar refractivity (Wildman–Crippen MR) is 106 cm³/mol. The van der Waals surface area contributed by atoms with E-state index < -0.39 is 0 Å². The fourth-order valence-electron chi connectivity index (χ4n) is 3.00. The molecule has 1 N–H and O–H groups in total. The summed E-state index contributed by atoms with van der Waals surface area (Å²) in [6.45, 7) is 7.94. The van der Waals surface area contributed by atoms with Crippen LogP contribution in [0, 0.1) is 20.8 Å². The maximum atomic E-state index is 12.7. The quantitative estimate of drug-likeness (QED) is 0.747. The number of carbonyl (C=O) groups is 1. The molecular weight excluding hydrogens is 346 g/mol. The first-order valence-electron chi connectivity index (χ1n) is 8.71. The van der Waals surface area contributed by atoms with Crippen LogP contribution in [0.1, 0.15) is 41.0 Å². The van der Waals surface area contributed by atoms with Crippen LogP contribution in [0.25, 0.3) is 10.2 Å². The number of thiophene rings is 1. The Morgan fingerprint density at radius 1 is 1.23 bits per heavy atom. The molecule has 1 aromatic carbocycles. The number of benzene rings is 1. The van der Waals surface area contributed by atoms with Gasteiger partial charge in [0.25, 0.3) is 5.56 Å². The van der Waals surface area contributed by atoms with Crippen molar-refractivity contribution in [1.82, 2.24) is 14.9 Å². The molecule has 0 spiro atoms. The molecule has 2 aromatic heterocycles. The van der Waals surface area contributed by atoms with E-state index in [1.54, 1.807) is 0 Å². The van der Waals surface area contributed by atoms with Crippen LogP contribution < -0.4 is 10.9 Å². The zero-order valence-corrected chi connectivity index (χ0v) is 16.3. The Bertz CT molecular complexity index is 1000. The van der Waals surface area contributed by atoms with Gasteiger partial charge in [-0.25, -0.2) is 4.98 Å². The Hall–Kier alpha value is -2.47. The first-order chi connectivity index (χ1) is 12.4. The molecule has 1 atom stereocenters.